The molecular formula is C17H13N. The summed E-state index contributed by atoms with van der Waals surface area (Å²) in [6.07, 6.45) is 0. The first-order valence-electron chi connectivity index (χ1n) is 6.27. The minimum atomic E-state index is 0.914. The second kappa shape index (κ2) is 3.61. The Balaban J connectivity index is 2.06. The van der Waals surface area contributed by atoms with Gasteiger partial charge in [-0.1, -0.05) is 42.5 Å². The number of para-hydroxylation sites is 1. The fourth-order valence-electron chi connectivity index (χ4n) is 2.75. The molecule has 0 amide bonds. The summed E-state index contributed by atoms with van der Waals surface area (Å²) in [7, 11) is 0. The molecule has 0 atom stereocenters. The van der Waals surface area contributed by atoms with E-state index in [2.05, 4.69) is 66.0 Å². The van der Waals surface area contributed by atoms with Crippen LogP contribution in [0.4, 0.5) is 5.69 Å². The second-order valence-electron chi connectivity index (χ2n) is 4.76. The van der Waals surface area contributed by atoms with Gasteiger partial charge in [0.1, 0.15) is 0 Å². The average Bonchev–Trinajstić information content (AvgIpc) is 2.45. The summed E-state index contributed by atoms with van der Waals surface area (Å²) in [6, 6.07) is 21.7. The molecule has 0 saturated heterocycles. The first-order chi connectivity index (χ1) is 8.92. The van der Waals surface area contributed by atoms with Crippen molar-refractivity contribution in [3.8, 4) is 11.1 Å². The van der Waals surface area contributed by atoms with Crippen LogP contribution in [0.3, 0.4) is 0 Å². The molecule has 1 aliphatic heterocycles. The molecule has 3 aromatic rings. The zero-order valence-electron chi connectivity index (χ0n) is 9.98. The van der Waals surface area contributed by atoms with Gasteiger partial charge in [-0.2, -0.15) is 0 Å². The highest BCUT2D eigenvalue weighted by atomic mass is 14.9. The maximum absolute atomic E-state index is 3.48. The monoisotopic (exact) mass is 231 g/mol. The Labute approximate surface area is 106 Å². The van der Waals surface area contributed by atoms with E-state index in [1.54, 1.807) is 0 Å². The molecule has 18 heavy (non-hydrogen) atoms. The van der Waals surface area contributed by atoms with E-state index in [9.17, 15) is 0 Å². The van der Waals surface area contributed by atoms with Gasteiger partial charge < -0.3 is 5.32 Å². The zero-order chi connectivity index (χ0) is 11.9. The van der Waals surface area contributed by atoms with E-state index in [1.165, 1.54) is 33.2 Å². The van der Waals surface area contributed by atoms with Gasteiger partial charge in [-0.3, -0.25) is 0 Å². The van der Waals surface area contributed by atoms with Crippen molar-refractivity contribution in [1.29, 1.82) is 0 Å². The molecule has 0 spiro atoms. The smallest absolute Gasteiger partial charge is 0.0422 e. The lowest BCUT2D eigenvalue weighted by molar-refractivity contribution is 1.13. The third kappa shape index (κ3) is 1.34. The Bertz CT molecular complexity index is 743. The molecule has 1 heterocycles. The van der Waals surface area contributed by atoms with E-state index < -0.39 is 0 Å². The van der Waals surface area contributed by atoms with Gasteiger partial charge in [0.25, 0.3) is 0 Å². The van der Waals surface area contributed by atoms with Crippen LogP contribution in [0.25, 0.3) is 21.9 Å². The highest BCUT2D eigenvalue weighted by molar-refractivity contribution is 5.93. The lowest BCUT2D eigenvalue weighted by atomic mass is 9.92. The van der Waals surface area contributed by atoms with Crippen molar-refractivity contribution in [2.45, 2.75) is 6.54 Å². The van der Waals surface area contributed by atoms with E-state index in [1.807, 2.05) is 0 Å². The lowest BCUT2D eigenvalue weighted by Crippen LogP contribution is -2.08. The number of benzene rings is 3. The van der Waals surface area contributed by atoms with E-state index in [0.717, 1.165) is 6.54 Å². The Kier molecular flexibility index (Phi) is 1.95. The van der Waals surface area contributed by atoms with Gasteiger partial charge >= 0.3 is 0 Å². The third-order valence-corrected chi connectivity index (χ3v) is 3.66. The van der Waals surface area contributed by atoms with E-state index >= 15 is 0 Å². The summed E-state index contributed by atoms with van der Waals surface area (Å²) in [5, 5.41) is 6.11. The maximum atomic E-state index is 3.48. The van der Waals surface area contributed by atoms with Crippen molar-refractivity contribution in [2.75, 3.05) is 5.32 Å². The van der Waals surface area contributed by atoms with Gasteiger partial charge in [0.05, 0.1) is 0 Å². The fourth-order valence-corrected chi connectivity index (χ4v) is 2.75. The molecule has 3 aromatic carbocycles. The van der Waals surface area contributed by atoms with Crippen LogP contribution >= 0.6 is 0 Å². The molecule has 1 N–H and O–H groups in total. The molecule has 86 valence electrons. The van der Waals surface area contributed by atoms with Crippen LogP contribution in [0.1, 0.15) is 5.56 Å². The van der Waals surface area contributed by atoms with Crippen LogP contribution in [0, 0.1) is 0 Å². The molecule has 1 heteroatoms. The van der Waals surface area contributed by atoms with Crippen molar-refractivity contribution < 1.29 is 0 Å². The fraction of sp³-hybridized carbons (Fsp3) is 0.0588. The Hall–Kier alpha value is -2.28. The molecule has 4 rings (SSSR count). The van der Waals surface area contributed by atoms with E-state index in [-0.39, 0.29) is 0 Å². The molecule has 0 fully saturated rings. The predicted molar refractivity (Wildman–Crippen MR) is 76.7 cm³/mol. The minimum absolute atomic E-state index is 0.914. The third-order valence-electron chi connectivity index (χ3n) is 3.66. The highest BCUT2D eigenvalue weighted by Crippen LogP contribution is 2.37. The van der Waals surface area contributed by atoms with Gasteiger partial charge in [0.2, 0.25) is 0 Å². The Morgan fingerprint density at radius 3 is 2.33 bits per heavy atom. The van der Waals surface area contributed by atoms with Crippen LogP contribution in [-0.2, 0) is 6.54 Å². The number of fused-ring (bicyclic) bond motifs is 4. The van der Waals surface area contributed by atoms with Crippen LogP contribution in [-0.4, -0.2) is 0 Å². The molecule has 1 nitrogen and oxygen atoms in total. The summed E-state index contributed by atoms with van der Waals surface area (Å²) in [6.45, 7) is 0.914. The molecule has 0 aliphatic carbocycles. The van der Waals surface area contributed by atoms with Crippen LogP contribution in [0.5, 0.6) is 0 Å². The zero-order valence-corrected chi connectivity index (χ0v) is 9.98. The van der Waals surface area contributed by atoms with Crippen molar-refractivity contribution in [2.24, 2.45) is 0 Å². The number of rotatable bonds is 0. The van der Waals surface area contributed by atoms with Crippen LogP contribution in [0.15, 0.2) is 60.7 Å². The summed E-state index contributed by atoms with van der Waals surface area (Å²) in [4.78, 5) is 0. The quantitative estimate of drug-likeness (QED) is 0.603. The van der Waals surface area contributed by atoms with Crippen molar-refractivity contribution in [3.05, 3.63) is 66.2 Å². The number of hydrogen-bond donors (Lipinski definition) is 1. The molecule has 0 aromatic heterocycles. The summed E-state index contributed by atoms with van der Waals surface area (Å²) < 4.78 is 0. The molecule has 1 aliphatic rings. The lowest BCUT2D eigenvalue weighted by Gasteiger charge is -2.22. The number of nitrogens with one attached hydrogen (secondary N) is 1. The van der Waals surface area contributed by atoms with Gasteiger partial charge in [-0.15, -0.1) is 0 Å². The SMILES string of the molecule is c1ccc2c(c1)NCc1cc3ccccc3cc1-2. The molecule has 0 radical (unpaired) electrons. The molecule has 0 unspecified atom stereocenters. The molecular weight excluding hydrogens is 218 g/mol. The summed E-state index contributed by atoms with van der Waals surface area (Å²) in [5.74, 6) is 0. The average molecular weight is 231 g/mol. The number of hydrogen-bond acceptors (Lipinski definition) is 1. The standard InChI is InChI=1S/C17H13N/c1-2-6-13-10-16-14(9-12(13)5-1)11-18-17-8-4-3-7-15(16)17/h1-10,18H,11H2. The van der Waals surface area contributed by atoms with Crippen molar-refractivity contribution in [1.82, 2.24) is 0 Å². The Morgan fingerprint density at radius 1 is 0.722 bits per heavy atom. The van der Waals surface area contributed by atoms with Gasteiger partial charge in [-0.25, -0.2) is 0 Å². The van der Waals surface area contributed by atoms with E-state index in [4.69, 9.17) is 0 Å². The summed E-state index contributed by atoms with van der Waals surface area (Å²) >= 11 is 0. The second-order valence-corrected chi connectivity index (χ2v) is 4.76. The molecule has 0 saturated carbocycles. The van der Waals surface area contributed by atoms with Crippen molar-refractivity contribution in [3.63, 3.8) is 0 Å². The molecule has 0 bridgehead atoms. The van der Waals surface area contributed by atoms with Gasteiger partial charge in [0, 0.05) is 17.8 Å². The first kappa shape index (κ1) is 9.72. The minimum Gasteiger partial charge on any atom is -0.380 e. The Morgan fingerprint density at radius 2 is 1.44 bits per heavy atom. The van der Waals surface area contributed by atoms with Crippen LogP contribution in [0.2, 0.25) is 0 Å². The maximum Gasteiger partial charge on any atom is 0.0422 e. The highest BCUT2D eigenvalue weighted by Gasteiger charge is 2.15. The van der Waals surface area contributed by atoms with E-state index in [0.29, 0.717) is 0 Å². The largest absolute Gasteiger partial charge is 0.380 e. The topological polar surface area (TPSA) is 12.0 Å². The van der Waals surface area contributed by atoms with Gasteiger partial charge in [0.15, 0.2) is 0 Å². The van der Waals surface area contributed by atoms with Crippen molar-refractivity contribution >= 4 is 16.5 Å². The predicted octanol–water partition coefficient (Wildman–Crippen LogP) is 4.43. The van der Waals surface area contributed by atoms with Gasteiger partial charge in [-0.05, 0) is 40.1 Å². The number of anilines is 1. The summed E-state index contributed by atoms with van der Waals surface area (Å²) in [5.41, 5.74) is 5.29. The van der Waals surface area contributed by atoms with Crippen LogP contribution < -0.4 is 5.32 Å². The first-order valence-corrected chi connectivity index (χ1v) is 6.27. The normalized spacial score (nSPS) is 12.7.